The second kappa shape index (κ2) is 8.57. The lowest BCUT2D eigenvalue weighted by molar-refractivity contribution is -0.274. The number of rotatable bonds is 6. The zero-order valence-corrected chi connectivity index (χ0v) is 16.9. The van der Waals surface area contributed by atoms with E-state index < -0.39 is 23.9 Å². The van der Waals surface area contributed by atoms with Crippen LogP contribution in [-0.2, 0) is 0 Å². The number of primary amides is 1. The number of carbonyl (C=O) groups excluding carboxylic acids is 2. The van der Waals surface area contributed by atoms with Crippen molar-refractivity contribution in [3.8, 4) is 22.9 Å². The molecule has 0 unspecified atom stereocenters. The number of carbonyl (C=O) groups is 2. The third-order valence-corrected chi connectivity index (χ3v) is 4.28. The highest BCUT2D eigenvalue weighted by atomic mass is 19.4. The molecule has 3 aromatic heterocycles. The van der Waals surface area contributed by atoms with E-state index in [9.17, 15) is 22.8 Å². The van der Waals surface area contributed by atoms with Crippen molar-refractivity contribution in [2.24, 2.45) is 5.73 Å². The molecule has 4 rings (SSSR count). The van der Waals surface area contributed by atoms with Crippen molar-refractivity contribution in [1.29, 1.82) is 0 Å². The van der Waals surface area contributed by atoms with Gasteiger partial charge in [-0.2, -0.15) is 5.10 Å². The molecule has 4 aromatic rings. The molecule has 14 heteroatoms. The number of aromatic nitrogens is 4. The van der Waals surface area contributed by atoms with Gasteiger partial charge in [-0.25, -0.2) is 14.6 Å². The van der Waals surface area contributed by atoms with Gasteiger partial charge in [-0.05, 0) is 24.3 Å². The molecule has 0 saturated heterocycles. The molecule has 3 heterocycles. The van der Waals surface area contributed by atoms with E-state index in [-0.39, 0.29) is 34.5 Å². The fourth-order valence-corrected chi connectivity index (χ4v) is 2.88. The van der Waals surface area contributed by atoms with Gasteiger partial charge in [0.05, 0.1) is 17.6 Å². The van der Waals surface area contributed by atoms with Crippen molar-refractivity contribution in [2.45, 2.75) is 6.36 Å². The number of hydrogen-bond donors (Lipinski definition) is 3. The Hall–Kier alpha value is -4.88. The van der Waals surface area contributed by atoms with Crippen LogP contribution >= 0.6 is 0 Å². The summed E-state index contributed by atoms with van der Waals surface area (Å²) in [5.74, 6) is -1.91. The summed E-state index contributed by atoms with van der Waals surface area (Å²) in [6, 6.07) is 7.92. The van der Waals surface area contributed by atoms with Gasteiger partial charge in [0.1, 0.15) is 17.8 Å². The summed E-state index contributed by atoms with van der Waals surface area (Å²) in [7, 11) is 0. The summed E-state index contributed by atoms with van der Waals surface area (Å²) >= 11 is 0. The quantitative estimate of drug-likeness (QED) is 0.385. The molecule has 0 atom stereocenters. The number of ether oxygens (including phenoxy) is 1. The summed E-state index contributed by atoms with van der Waals surface area (Å²) < 4.78 is 47.8. The normalized spacial score (nSPS) is 11.3. The Morgan fingerprint density at radius 3 is 2.68 bits per heavy atom. The van der Waals surface area contributed by atoms with Crippen molar-refractivity contribution < 1.29 is 31.9 Å². The average Bonchev–Trinajstić information content (AvgIpc) is 3.40. The molecule has 0 radical (unpaired) electrons. The Balaban J connectivity index is 1.59. The molecule has 0 bridgehead atoms. The zero-order valence-electron chi connectivity index (χ0n) is 16.9. The van der Waals surface area contributed by atoms with E-state index in [1.807, 2.05) is 0 Å². The van der Waals surface area contributed by atoms with Crippen molar-refractivity contribution in [2.75, 3.05) is 11.1 Å². The number of halogens is 3. The van der Waals surface area contributed by atoms with Gasteiger partial charge in [-0.3, -0.25) is 9.59 Å². The van der Waals surface area contributed by atoms with E-state index in [4.69, 9.17) is 15.9 Å². The zero-order chi connectivity index (χ0) is 24.5. The highest BCUT2D eigenvalue weighted by Gasteiger charge is 2.31. The second-order valence-corrected chi connectivity index (χ2v) is 6.71. The summed E-state index contributed by atoms with van der Waals surface area (Å²) in [6.07, 6.45) is -1.15. The topological polar surface area (TPSA) is 164 Å². The molecule has 2 amide bonds. The summed E-state index contributed by atoms with van der Waals surface area (Å²) in [5.41, 5.74) is 11.0. The maximum Gasteiger partial charge on any atom is 0.573 e. The Morgan fingerprint density at radius 2 is 1.97 bits per heavy atom. The third kappa shape index (κ3) is 4.95. The molecular formula is C20H14F3N7O4. The number of nitrogen functional groups attached to an aromatic ring is 1. The van der Waals surface area contributed by atoms with Gasteiger partial charge in [0.2, 0.25) is 5.89 Å². The number of benzene rings is 1. The maximum atomic E-state index is 12.7. The van der Waals surface area contributed by atoms with Crippen LogP contribution in [0.5, 0.6) is 5.75 Å². The molecule has 11 nitrogen and oxygen atoms in total. The number of oxazole rings is 1. The van der Waals surface area contributed by atoms with Gasteiger partial charge in [0, 0.05) is 17.8 Å². The van der Waals surface area contributed by atoms with Crippen LogP contribution in [-0.4, -0.2) is 37.9 Å². The molecule has 5 N–H and O–H groups in total. The van der Waals surface area contributed by atoms with Crippen LogP contribution in [0.2, 0.25) is 0 Å². The van der Waals surface area contributed by atoms with E-state index in [1.165, 1.54) is 30.6 Å². The monoisotopic (exact) mass is 473 g/mol. The summed E-state index contributed by atoms with van der Waals surface area (Å²) in [6.45, 7) is 0. The van der Waals surface area contributed by atoms with E-state index in [0.717, 1.165) is 23.1 Å². The largest absolute Gasteiger partial charge is 0.573 e. The molecule has 0 saturated carbocycles. The first-order chi connectivity index (χ1) is 16.1. The standard InChI is InChI=1S/C20H14F3N7O4/c21-20(22,23)34-12-3-1-2-11(7-12)30-8-13(16(29-30)17(25)31)27-18(32)14-9-33-19(28-14)10-4-5-26-15(24)6-10/h1-9H,(H2,24,26)(H2,25,31)(H,27,32). The Labute approximate surface area is 188 Å². The molecule has 34 heavy (non-hydrogen) atoms. The first kappa shape index (κ1) is 22.3. The molecule has 174 valence electrons. The van der Waals surface area contributed by atoms with E-state index in [2.05, 4.69) is 25.1 Å². The highest BCUT2D eigenvalue weighted by molar-refractivity contribution is 6.07. The van der Waals surface area contributed by atoms with Crippen molar-refractivity contribution in [1.82, 2.24) is 19.7 Å². The fourth-order valence-electron chi connectivity index (χ4n) is 2.88. The number of anilines is 2. The molecule has 0 spiro atoms. The van der Waals surface area contributed by atoms with Gasteiger partial charge in [-0.1, -0.05) is 6.07 Å². The Morgan fingerprint density at radius 1 is 1.18 bits per heavy atom. The van der Waals surface area contributed by atoms with Gasteiger partial charge in [0.25, 0.3) is 11.8 Å². The number of alkyl halides is 3. The van der Waals surface area contributed by atoms with E-state index in [0.29, 0.717) is 5.56 Å². The van der Waals surface area contributed by atoms with Crippen molar-refractivity contribution >= 4 is 23.3 Å². The van der Waals surface area contributed by atoms with E-state index in [1.54, 1.807) is 6.07 Å². The van der Waals surface area contributed by atoms with Crippen LogP contribution < -0.4 is 21.5 Å². The van der Waals surface area contributed by atoms with Crippen LogP contribution in [0.15, 0.2) is 59.5 Å². The highest BCUT2D eigenvalue weighted by Crippen LogP contribution is 2.26. The average molecular weight is 473 g/mol. The summed E-state index contributed by atoms with van der Waals surface area (Å²) in [4.78, 5) is 32.4. The molecular weight excluding hydrogens is 459 g/mol. The lowest BCUT2D eigenvalue weighted by atomic mass is 10.2. The smallest absolute Gasteiger partial charge is 0.444 e. The fraction of sp³-hybridized carbons (Fsp3) is 0.0500. The molecule has 1 aromatic carbocycles. The predicted molar refractivity (Wildman–Crippen MR) is 111 cm³/mol. The van der Waals surface area contributed by atoms with Crippen LogP contribution in [0.1, 0.15) is 21.0 Å². The molecule has 0 fully saturated rings. The Kier molecular flexibility index (Phi) is 5.63. The minimum absolute atomic E-state index is 0.0997. The van der Waals surface area contributed by atoms with Crippen molar-refractivity contribution in [3.05, 3.63) is 66.4 Å². The molecule has 0 aliphatic rings. The lowest BCUT2D eigenvalue weighted by Crippen LogP contribution is -2.18. The van der Waals surface area contributed by atoms with Gasteiger partial charge < -0.3 is 25.9 Å². The van der Waals surface area contributed by atoms with Crippen LogP contribution in [0.4, 0.5) is 24.7 Å². The first-order valence-corrected chi connectivity index (χ1v) is 9.33. The van der Waals surface area contributed by atoms with Gasteiger partial charge in [0.15, 0.2) is 11.4 Å². The maximum absolute atomic E-state index is 12.7. The second-order valence-electron chi connectivity index (χ2n) is 6.71. The van der Waals surface area contributed by atoms with Crippen LogP contribution in [0.3, 0.4) is 0 Å². The number of nitrogens with one attached hydrogen (secondary N) is 1. The van der Waals surface area contributed by atoms with Crippen molar-refractivity contribution in [3.63, 3.8) is 0 Å². The van der Waals surface area contributed by atoms with E-state index >= 15 is 0 Å². The van der Waals surface area contributed by atoms with Gasteiger partial charge in [-0.15, -0.1) is 13.2 Å². The SMILES string of the molecule is NC(=O)c1nn(-c2cccc(OC(F)(F)F)c2)cc1NC(=O)c1coc(-c2ccnc(N)c2)n1. The minimum Gasteiger partial charge on any atom is -0.444 e. The third-order valence-electron chi connectivity index (χ3n) is 4.28. The number of amides is 2. The van der Waals surface area contributed by atoms with Crippen LogP contribution in [0, 0.1) is 0 Å². The predicted octanol–water partition coefficient (Wildman–Crippen LogP) is 2.75. The first-order valence-electron chi connectivity index (χ1n) is 9.33. The van der Waals surface area contributed by atoms with Crippen LogP contribution in [0.25, 0.3) is 17.1 Å². The minimum atomic E-state index is -4.89. The number of nitrogens with two attached hydrogens (primary N) is 2. The number of hydrogen-bond acceptors (Lipinski definition) is 8. The Bertz CT molecular complexity index is 1380. The number of pyridine rings is 1. The summed E-state index contributed by atoms with van der Waals surface area (Å²) in [5, 5.41) is 6.39. The molecule has 0 aliphatic carbocycles. The molecule has 0 aliphatic heterocycles. The van der Waals surface area contributed by atoms with Gasteiger partial charge >= 0.3 is 6.36 Å². The number of nitrogens with zero attached hydrogens (tertiary/aromatic N) is 4. The lowest BCUT2D eigenvalue weighted by Gasteiger charge is -2.09.